The Hall–Kier alpha value is -2.17. The van der Waals surface area contributed by atoms with Crippen LogP contribution in [0.2, 0.25) is 0 Å². The average molecular weight is 351 g/mol. The quantitative estimate of drug-likeness (QED) is 0.869. The molecular formula is C22H29N3O. The number of carbonyl (C=O) groups is 1. The van der Waals surface area contributed by atoms with Gasteiger partial charge in [0.1, 0.15) is 0 Å². The standard InChI is InChI=1S/C22H29N3O/c1-18(2)23-21(26)17-24-13-15-25(16-14-24)22(19-9-5-3-6-10-19)20-11-7-4-8-12-20/h3-12,18,22H,13-17H2,1-2H3,(H,23,26). The van der Waals surface area contributed by atoms with Crippen molar-refractivity contribution in [2.75, 3.05) is 32.7 Å². The summed E-state index contributed by atoms with van der Waals surface area (Å²) in [7, 11) is 0. The lowest BCUT2D eigenvalue weighted by Crippen LogP contribution is -2.51. The highest BCUT2D eigenvalue weighted by Crippen LogP contribution is 2.29. The third kappa shape index (κ3) is 4.93. The fourth-order valence-corrected chi connectivity index (χ4v) is 3.64. The summed E-state index contributed by atoms with van der Waals surface area (Å²) in [4.78, 5) is 16.8. The van der Waals surface area contributed by atoms with Crippen LogP contribution in [0, 0.1) is 0 Å². The molecule has 1 amide bonds. The Morgan fingerprint density at radius 2 is 1.38 bits per heavy atom. The Morgan fingerprint density at radius 3 is 1.85 bits per heavy atom. The van der Waals surface area contributed by atoms with Gasteiger partial charge in [0.25, 0.3) is 0 Å². The van der Waals surface area contributed by atoms with Crippen LogP contribution in [0.3, 0.4) is 0 Å². The minimum absolute atomic E-state index is 0.121. The Labute approximate surface area is 156 Å². The van der Waals surface area contributed by atoms with Gasteiger partial charge in [0.05, 0.1) is 12.6 Å². The van der Waals surface area contributed by atoms with Crippen molar-refractivity contribution in [2.45, 2.75) is 25.9 Å². The average Bonchev–Trinajstić information content (AvgIpc) is 2.64. The molecule has 1 aliphatic rings. The van der Waals surface area contributed by atoms with Gasteiger partial charge in [0.2, 0.25) is 5.91 Å². The van der Waals surface area contributed by atoms with E-state index in [-0.39, 0.29) is 18.0 Å². The lowest BCUT2D eigenvalue weighted by atomic mass is 9.96. The summed E-state index contributed by atoms with van der Waals surface area (Å²) in [6, 6.07) is 21.9. The fourth-order valence-electron chi connectivity index (χ4n) is 3.64. The lowest BCUT2D eigenvalue weighted by molar-refractivity contribution is -0.123. The summed E-state index contributed by atoms with van der Waals surface area (Å²) < 4.78 is 0. The van der Waals surface area contributed by atoms with Gasteiger partial charge in [-0.2, -0.15) is 0 Å². The molecule has 0 aliphatic carbocycles. The summed E-state index contributed by atoms with van der Waals surface area (Å²) in [6.07, 6.45) is 0. The molecule has 2 aromatic carbocycles. The molecule has 26 heavy (non-hydrogen) atoms. The van der Waals surface area contributed by atoms with Crippen LogP contribution in [0.4, 0.5) is 0 Å². The lowest BCUT2D eigenvalue weighted by Gasteiger charge is -2.39. The highest BCUT2D eigenvalue weighted by molar-refractivity contribution is 5.78. The highest BCUT2D eigenvalue weighted by atomic mass is 16.2. The summed E-state index contributed by atoms with van der Waals surface area (Å²) in [5.41, 5.74) is 2.65. The van der Waals surface area contributed by atoms with E-state index in [2.05, 4.69) is 75.8 Å². The first-order valence-electron chi connectivity index (χ1n) is 9.49. The monoisotopic (exact) mass is 351 g/mol. The number of rotatable bonds is 6. The minimum Gasteiger partial charge on any atom is -0.353 e. The first-order chi connectivity index (χ1) is 12.6. The summed E-state index contributed by atoms with van der Waals surface area (Å²) in [5, 5.41) is 2.98. The van der Waals surface area contributed by atoms with E-state index in [4.69, 9.17) is 0 Å². The molecule has 4 heteroatoms. The molecule has 0 saturated carbocycles. The summed E-state index contributed by atoms with van der Waals surface area (Å²) in [5.74, 6) is 0.121. The van der Waals surface area contributed by atoms with Crippen molar-refractivity contribution in [3.63, 3.8) is 0 Å². The summed E-state index contributed by atoms with van der Waals surface area (Å²) >= 11 is 0. The molecule has 0 atom stereocenters. The maximum Gasteiger partial charge on any atom is 0.234 e. The molecule has 1 fully saturated rings. The second-order valence-corrected chi connectivity index (χ2v) is 7.26. The predicted octanol–water partition coefficient (Wildman–Crippen LogP) is 2.92. The van der Waals surface area contributed by atoms with Crippen molar-refractivity contribution in [3.05, 3.63) is 71.8 Å². The van der Waals surface area contributed by atoms with Crippen LogP contribution in [0.25, 0.3) is 0 Å². The van der Waals surface area contributed by atoms with Gasteiger partial charge in [0, 0.05) is 32.2 Å². The van der Waals surface area contributed by atoms with Crippen LogP contribution in [0.5, 0.6) is 0 Å². The zero-order chi connectivity index (χ0) is 18.4. The third-order valence-corrected chi connectivity index (χ3v) is 4.82. The molecule has 2 aromatic rings. The predicted molar refractivity (Wildman–Crippen MR) is 106 cm³/mol. The Kier molecular flexibility index (Phi) is 6.42. The maximum absolute atomic E-state index is 12.0. The Bertz CT molecular complexity index is 640. The van der Waals surface area contributed by atoms with Crippen molar-refractivity contribution >= 4 is 5.91 Å². The van der Waals surface area contributed by atoms with E-state index < -0.39 is 0 Å². The molecule has 0 unspecified atom stereocenters. The van der Waals surface area contributed by atoms with Crippen LogP contribution >= 0.6 is 0 Å². The number of nitrogens with zero attached hydrogens (tertiary/aromatic N) is 2. The van der Waals surface area contributed by atoms with Crippen LogP contribution in [-0.2, 0) is 4.79 Å². The Balaban J connectivity index is 1.67. The molecule has 0 bridgehead atoms. The number of benzene rings is 2. The second kappa shape index (κ2) is 8.97. The van der Waals surface area contributed by atoms with Crippen molar-refractivity contribution in [2.24, 2.45) is 0 Å². The van der Waals surface area contributed by atoms with Gasteiger partial charge in [-0.25, -0.2) is 0 Å². The van der Waals surface area contributed by atoms with Gasteiger partial charge >= 0.3 is 0 Å². The summed E-state index contributed by atoms with van der Waals surface area (Å²) in [6.45, 7) is 8.25. The van der Waals surface area contributed by atoms with E-state index in [9.17, 15) is 4.79 Å². The van der Waals surface area contributed by atoms with Gasteiger partial charge in [-0.15, -0.1) is 0 Å². The highest BCUT2D eigenvalue weighted by Gasteiger charge is 2.26. The molecule has 0 spiro atoms. The van der Waals surface area contributed by atoms with Crippen LogP contribution in [0.15, 0.2) is 60.7 Å². The van der Waals surface area contributed by atoms with Gasteiger partial charge in [-0.1, -0.05) is 60.7 Å². The van der Waals surface area contributed by atoms with E-state index in [0.717, 1.165) is 26.2 Å². The molecule has 1 aliphatic heterocycles. The molecular weight excluding hydrogens is 322 g/mol. The molecule has 1 heterocycles. The van der Waals surface area contributed by atoms with Crippen molar-refractivity contribution in [1.29, 1.82) is 0 Å². The van der Waals surface area contributed by atoms with Gasteiger partial charge in [-0.05, 0) is 25.0 Å². The number of nitrogens with one attached hydrogen (secondary N) is 1. The number of carbonyl (C=O) groups excluding carboxylic acids is 1. The van der Waals surface area contributed by atoms with E-state index in [1.165, 1.54) is 11.1 Å². The molecule has 1 saturated heterocycles. The number of amides is 1. The van der Waals surface area contributed by atoms with Crippen LogP contribution in [-0.4, -0.2) is 54.5 Å². The SMILES string of the molecule is CC(C)NC(=O)CN1CCN(C(c2ccccc2)c2ccccc2)CC1. The van der Waals surface area contributed by atoms with E-state index >= 15 is 0 Å². The Morgan fingerprint density at radius 1 is 0.885 bits per heavy atom. The van der Waals surface area contributed by atoms with Crippen molar-refractivity contribution in [3.8, 4) is 0 Å². The fraction of sp³-hybridized carbons (Fsp3) is 0.409. The van der Waals surface area contributed by atoms with Crippen molar-refractivity contribution < 1.29 is 4.79 Å². The van der Waals surface area contributed by atoms with Crippen LogP contribution < -0.4 is 5.32 Å². The molecule has 0 aromatic heterocycles. The first-order valence-corrected chi connectivity index (χ1v) is 9.49. The topological polar surface area (TPSA) is 35.6 Å². The molecule has 3 rings (SSSR count). The first kappa shape index (κ1) is 18.6. The van der Waals surface area contributed by atoms with Crippen molar-refractivity contribution in [1.82, 2.24) is 15.1 Å². The third-order valence-electron chi connectivity index (χ3n) is 4.82. The minimum atomic E-state index is 0.121. The maximum atomic E-state index is 12.0. The second-order valence-electron chi connectivity index (χ2n) is 7.26. The zero-order valence-corrected chi connectivity index (χ0v) is 15.8. The number of hydrogen-bond donors (Lipinski definition) is 1. The van der Waals surface area contributed by atoms with Gasteiger partial charge in [0.15, 0.2) is 0 Å². The normalized spacial score (nSPS) is 16.2. The zero-order valence-electron chi connectivity index (χ0n) is 15.8. The molecule has 4 nitrogen and oxygen atoms in total. The molecule has 138 valence electrons. The van der Waals surface area contributed by atoms with E-state index in [1.54, 1.807) is 0 Å². The largest absolute Gasteiger partial charge is 0.353 e. The molecule has 0 radical (unpaired) electrons. The van der Waals surface area contributed by atoms with Gasteiger partial charge in [-0.3, -0.25) is 14.6 Å². The van der Waals surface area contributed by atoms with E-state index in [0.29, 0.717) is 6.54 Å². The van der Waals surface area contributed by atoms with Gasteiger partial charge < -0.3 is 5.32 Å². The molecule has 1 N–H and O–H groups in total. The number of hydrogen-bond acceptors (Lipinski definition) is 3. The van der Waals surface area contributed by atoms with Crippen LogP contribution in [0.1, 0.15) is 31.0 Å². The van der Waals surface area contributed by atoms with E-state index in [1.807, 2.05) is 13.8 Å². The smallest absolute Gasteiger partial charge is 0.234 e. The number of piperazine rings is 1.